The number of carbonyl (C=O) groups excluding carboxylic acids is 1. The fourth-order valence-electron chi connectivity index (χ4n) is 2.98. The molecule has 0 saturated carbocycles. The highest BCUT2D eigenvalue weighted by Crippen LogP contribution is 2.36. The molecular formula is C23H16O5S. The zero-order valence-electron chi connectivity index (χ0n) is 15.4. The van der Waals surface area contributed by atoms with Crippen LogP contribution >= 0.6 is 12.6 Å². The van der Waals surface area contributed by atoms with Crippen molar-refractivity contribution in [3.63, 3.8) is 0 Å². The Morgan fingerprint density at radius 2 is 1.69 bits per heavy atom. The van der Waals surface area contributed by atoms with E-state index in [4.69, 9.17) is 9.15 Å². The van der Waals surface area contributed by atoms with Gasteiger partial charge >= 0.3 is 11.6 Å². The Morgan fingerprint density at radius 3 is 2.38 bits per heavy atom. The number of furan rings is 1. The highest BCUT2D eigenvalue weighted by atomic mass is 32.1. The number of aromatic hydroxyl groups is 1. The van der Waals surface area contributed by atoms with Crippen molar-refractivity contribution in [2.75, 3.05) is 0 Å². The van der Waals surface area contributed by atoms with Gasteiger partial charge in [-0.3, -0.25) is 0 Å². The maximum absolute atomic E-state index is 12.5. The van der Waals surface area contributed by atoms with Crippen molar-refractivity contribution in [2.24, 2.45) is 0 Å². The normalized spacial score (nSPS) is 10.8. The monoisotopic (exact) mass is 404 g/mol. The number of hydrogen-bond donors (Lipinski definition) is 2. The topological polar surface area (TPSA) is 76.7 Å². The fourth-order valence-corrected chi connectivity index (χ4v) is 3.17. The summed E-state index contributed by atoms with van der Waals surface area (Å²) in [6.45, 7) is 1.97. The van der Waals surface area contributed by atoms with E-state index < -0.39 is 11.6 Å². The van der Waals surface area contributed by atoms with E-state index in [0.717, 1.165) is 11.1 Å². The molecule has 1 aliphatic heterocycles. The van der Waals surface area contributed by atoms with E-state index in [0.29, 0.717) is 21.8 Å². The van der Waals surface area contributed by atoms with Crippen LogP contribution in [-0.2, 0) is 0 Å². The molecule has 6 heteroatoms. The molecular weight excluding hydrogens is 388 g/mol. The van der Waals surface area contributed by atoms with Gasteiger partial charge in [-0.25, -0.2) is 9.59 Å². The number of phenols is 1. The third-order valence-corrected chi connectivity index (χ3v) is 4.88. The van der Waals surface area contributed by atoms with Crippen LogP contribution in [0.2, 0.25) is 0 Å². The van der Waals surface area contributed by atoms with Crippen molar-refractivity contribution in [3.8, 4) is 33.9 Å². The van der Waals surface area contributed by atoms with Gasteiger partial charge in [-0.05, 0) is 48.9 Å². The standard InChI is InChI=1S/C23H16O5S/c1-13-2-4-14(5-3-13)21-17-10-11-20(29)19(12-18(17)27-23(21)26)28-22(25)15-6-8-16(24)9-7-15/h2-12,24,29H,1H3. The first-order chi connectivity index (χ1) is 13.9. The van der Waals surface area contributed by atoms with Crippen LogP contribution in [0.1, 0.15) is 15.9 Å². The van der Waals surface area contributed by atoms with Crippen molar-refractivity contribution in [1.29, 1.82) is 0 Å². The zero-order valence-corrected chi connectivity index (χ0v) is 16.3. The number of phenolic OH excluding ortho intramolecular Hbond substituents is 1. The number of aryl methyl sites for hydroxylation is 1. The van der Waals surface area contributed by atoms with E-state index in [-0.39, 0.29) is 17.1 Å². The molecule has 1 N–H and O–H groups in total. The molecule has 0 unspecified atom stereocenters. The number of thiol groups is 1. The molecule has 0 saturated heterocycles. The van der Waals surface area contributed by atoms with Crippen LogP contribution in [0.25, 0.3) is 22.5 Å². The number of fused-ring (bicyclic) bond motifs is 1. The molecule has 29 heavy (non-hydrogen) atoms. The summed E-state index contributed by atoms with van der Waals surface area (Å²) in [5, 5.41) is 9.35. The third kappa shape index (κ3) is 3.75. The van der Waals surface area contributed by atoms with Gasteiger partial charge in [0.05, 0.1) is 11.1 Å². The van der Waals surface area contributed by atoms with Gasteiger partial charge in [0.15, 0.2) is 0 Å². The lowest BCUT2D eigenvalue weighted by atomic mass is 10.0. The second-order valence-electron chi connectivity index (χ2n) is 6.57. The lowest BCUT2D eigenvalue weighted by molar-refractivity contribution is 0.0730. The molecule has 2 aromatic carbocycles. The summed E-state index contributed by atoms with van der Waals surface area (Å²) in [7, 11) is 0. The molecule has 0 aromatic heterocycles. The summed E-state index contributed by atoms with van der Waals surface area (Å²) in [5.74, 6) is -0.122. The average Bonchev–Trinajstić information content (AvgIpc) is 2.93. The maximum atomic E-state index is 12.5. The SMILES string of the molecule is Cc1ccc(-c2c3ccc(S)c(OC(=O)c4ccc(O)cc4)cc-3oc2=O)cc1. The number of benzene rings is 2. The first-order valence-corrected chi connectivity index (χ1v) is 9.25. The highest BCUT2D eigenvalue weighted by molar-refractivity contribution is 7.80. The summed E-state index contributed by atoms with van der Waals surface area (Å²) in [5.41, 5.74) is 2.67. The van der Waals surface area contributed by atoms with Gasteiger partial charge in [-0.2, -0.15) is 0 Å². The molecule has 4 rings (SSSR count). The Hall–Kier alpha value is -3.51. The van der Waals surface area contributed by atoms with E-state index in [2.05, 4.69) is 12.6 Å². The molecule has 2 aliphatic rings. The first-order valence-electron chi connectivity index (χ1n) is 8.80. The molecule has 0 atom stereocenters. The van der Waals surface area contributed by atoms with Gasteiger partial charge < -0.3 is 14.3 Å². The van der Waals surface area contributed by atoms with E-state index in [1.807, 2.05) is 31.2 Å². The number of rotatable bonds is 3. The predicted molar refractivity (Wildman–Crippen MR) is 112 cm³/mol. The van der Waals surface area contributed by atoms with Crippen LogP contribution in [0.3, 0.4) is 0 Å². The van der Waals surface area contributed by atoms with Gasteiger partial charge in [0.25, 0.3) is 0 Å². The Bertz CT molecular complexity index is 1220. The Kier molecular flexibility index (Phi) is 4.86. The van der Waals surface area contributed by atoms with Crippen molar-refractivity contribution in [1.82, 2.24) is 0 Å². The van der Waals surface area contributed by atoms with Gasteiger partial charge in [0, 0.05) is 16.5 Å². The number of esters is 1. The predicted octanol–water partition coefficient (Wildman–Crippen LogP) is 4.93. The van der Waals surface area contributed by atoms with E-state index in [1.165, 1.54) is 30.3 Å². The minimum Gasteiger partial charge on any atom is -0.508 e. The van der Waals surface area contributed by atoms with E-state index >= 15 is 0 Å². The second-order valence-corrected chi connectivity index (χ2v) is 7.05. The average molecular weight is 404 g/mol. The molecule has 144 valence electrons. The van der Waals surface area contributed by atoms with Gasteiger partial charge in [0.2, 0.25) is 0 Å². The first kappa shape index (κ1) is 18.8. The summed E-state index contributed by atoms with van der Waals surface area (Å²) in [6, 6.07) is 18.1. The zero-order chi connectivity index (χ0) is 20.5. The second kappa shape index (κ2) is 7.48. The van der Waals surface area contributed by atoms with Crippen LogP contribution in [0, 0.1) is 6.92 Å². The molecule has 1 aliphatic carbocycles. The molecule has 0 fully saturated rings. The quantitative estimate of drug-likeness (QED) is 0.374. The van der Waals surface area contributed by atoms with E-state index in [1.54, 1.807) is 12.1 Å². The van der Waals surface area contributed by atoms with Crippen LogP contribution in [0.4, 0.5) is 0 Å². The van der Waals surface area contributed by atoms with Crippen LogP contribution < -0.4 is 10.4 Å². The summed E-state index contributed by atoms with van der Waals surface area (Å²) >= 11 is 4.39. The Morgan fingerprint density at radius 1 is 1.00 bits per heavy atom. The number of ether oxygens (including phenoxy) is 1. The summed E-state index contributed by atoms with van der Waals surface area (Å²) in [4.78, 5) is 25.3. The summed E-state index contributed by atoms with van der Waals surface area (Å²) in [6.07, 6.45) is 0. The molecule has 0 spiro atoms. The minimum absolute atomic E-state index is 0.0476. The molecule has 5 nitrogen and oxygen atoms in total. The van der Waals surface area contributed by atoms with Crippen molar-refractivity contribution in [2.45, 2.75) is 11.8 Å². The number of carbonyl (C=O) groups is 1. The minimum atomic E-state index is -0.618. The molecule has 2 aromatic rings. The Labute approximate surface area is 172 Å². The van der Waals surface area contributed by atoms with Gasteiger partial charge in [-0.1, -0.05) is 29.8 Å². The lowest BCUT2D eigenvalue weighted by Gasteiger charge is -2.05. The van der Waals surface area contributed by atoms with Crippen molar-refractivity contribution < 1.29 is 19.1 Å². The van der Waals surface area contributed by atoms with Gasteiger partial charge in [0.1, 0.15) is 17.3 Å². The molecule has 0 radical (unpaired) electrons. The van der Waals surface area contributed by atoms with Crippen LogP contribution in [-0.4, -0.2) is 11.1 Å². The molecule has 1 heterocycles. The van der Waals surface area contributed by atoms with Crippen LogP contribution in [0.5, 0.6) is 11.5 Å². The third-order valence-electron chi connectivity index (χ3n) is 4.51. The molecule has 0 amide bonds. The number of hydrogen-bond acceptors (Lipinski definition) is 6. The Balaban J connectivity index is 1.74. The van der Waals surface area contributed by atoms with Crippen molar-refractivity contribution in [3.05, 3.63) is 88.3 Å². The smallest absolute Gasteiger partial charge is 0.344 e. The van der Waals surface area contributed by atoms with Crippen molar-refractivity contribution >= 4 is 18.6 Å². The largest absolute Gasteiger partial charge is 0.508 e. The molecule has 0 bridgehead atoms. The lowest BCUT2D eigenvalue weighted by Crippen LogP contribution is -2.08. The van der Waals surface area contributed by atoms with Gasteiger partial charge in [-0.15, -0.1) is 12.6 Å². The highest BCUT2D eigenvalue weighted by Gasteiger charge is 2.21. The van der Waals surface area contributed by atoms with Crippen LogP contribution in [0.15, 0.2) is 80.8 Å². The maximum Gasteiger partial charge on any atom is 0.344 e. The van der Waals surface area contributed by atoms with E-state index in [9.17, 15) is 14.7 Å². The summed E-state index contributed by atoms with van der Waals surface area (Å²) < 4.78 is 10.9. The fraction of sp³-hybridized carbons (Fsp3) is 0.0435.